The van der Waals surface area contributed by atoms with E-state index in [1.54, 1.807) is 24.3 Å². The van der Waals surface area contributed by atoms with Crippen LogP contribution in [0.1, 0.15) is 44.4 Å². The standard InChI is InChI=1S/C26H36N6O5/c1-16(2)11-19(27)25(35)32-10-6-9-22(32)24(34)30-20(13-18-14-28-15-29-18)23(33)31-21(26(36)37)12-17-7-4-3-5-8-17/h3-5,7-8,14-16,19-22H,6,9-13,27H2,1-2H3,(H,28,29)(H,30,34)(H,31,33)(H,36,37)/t19-,20-,21-,22-/m0/s1. The Kier molecular flexibility index (Phi) is 9.78. The number of benzene rings is 1. The smallest absolute Gasteiger partial charge is 0.326 e. The van der Waals surface area contributed by atoms with Gasteiger partial charge < -0.3 is 31.4 Å². The topological polar surface area (TPSA) is 171 Å². The van der Waals surface area contributed by atoms with Gasteiger partial charge in [0.1, 0.15) is 18.1 Å². The van der Waals surface area contributed by atoms with Gasteiger partial charge in [-0.3, -0.25) is 14.4 Å². The summed E-state index contributed by atoms with van der Waals surface area (Å²) >= 11 is 0. The Morgan fingerprint density at radius 3 is 2.49 bits per heavy atom. The Hall–Kier alpha value is -3.73. The number of carbonyl (C=O) groups is 4. The van der Waals surface area contributed by atoms with Gasteiger partial charge in [-0.15, -0.1) is 0 Å². The molecule has 0 aliphatic carbocycles. The molecule has 1 aliphatic heterocycles. The number of H-pyrrole nitrogens is 1. The van der Waals surface area contributed by atoms with Crippen LogP contribution in [-0.2, 0) is 32.0 Å². The highest BCUT2D eigenvalue weighted by Crippen LogP contribution is 2.20. The number of hydrogen-bond acceptors (Lipinski definition) is 6. The highest BCUT2D eigenvalue weighted by molar-refractivity contribution is 5.94. The van der Waals surface area contributed by atoms with Crippen LogP contribution in [0.3, 0.4) is 0 Å². The number of amides is 3. The maximum absolute atomic E-state index is 13.3. The number of carboxylic acid groups (broad SMARTS) is 1. The summed E-state index contributed by atoms with van der Waals surface area (Å²) in [6.07, 6.45) is 4.75. The number of rotatable bonds is 12. The normalized spacial score (nSPS) is 17.7. The van der Waals surface area contributed by atoms with Crippen molar-refractivity contribution in [1.29, 1.82) is 0 Å². The molecule has 37 heavy (non-hydrogen) atoms. The van der Waals surface area contributed by atoms with Gasteiger partial charge in [0, 0.05) is 31.3 Å². The van der Waals surface area contributed by atoms with Crippen molar-refractivity contribution < 1.29 is 24.3 Å². The number of nitrogens with two attached hydrogens (primary N) is 1. The zero-order chi connectivity index (χ0) is 26.9. The first-order chi connectivity index (χ1) is 17.7. The summed E-state index contributed by atoms with van der Waals surface area (Å²) in [5.41, 5.74) is 7.44. The van der Waals surface area contributed by atoms with Crippen molar-refractivity contribution in [2.45, 2.75) is 70.1 Å². The van der Waals surface area contributed by atoms with E-state index in [0.29, 0.717) is 31.5 Å². The minimum Gasteiger partial charge on any atom is -0.480 e. The number of nitrogens with zero attached hydrogens (tertiary/aromatic N) is 2. The number of carboxylic acids is 1. The first-order valence-corrected chi connectivity index (χ1v) is 12.6. The van der Waals surface area contributed by atoms with Crippen molar-refractivity contribution in [2.75, 3.05) is 6.54 Å². The second-order valence-electron chi connectivity index (χ2n) is 9.86. The summed E-state index contributed by atoms with van der Waals surface area (Å²) in [6, 6.07) is 5.25. The Labute approximate surface area is 216 Å². The maximum Gasteiger partial charge on any atom is 0.326 e. The molecule has 0 radical (unpaired) electrons. The largest absolute Gasteiger partial charge is 0.480 e. The van der Waals surface area contributed by atoms with Gasteiger partial charge in [0.2, 0.25) is 17.7 Å². The average Bonchev–Trinajstić information content (AvgIpc) is 3.55. The summed E-state index contributed by atoms with van der Waals surface area (Å²) in [6.45, 7) is 4.36. The van der Waals surface area contributed by atoms with Gasteiger partial charge in [0.15, 0.2) is 0 Å². The Bertz CT molecular complexity index is 1060. The van der Waals surface area contributed by atoms with E-state index < -0.39 is 42.0 Å². The van der Waals surface area contributed by atoms with E-state index in [2.05, 4.69) is 20.6 Å². The van der Waals surface area contributed by atoms with Crippen LogP contribution in [0.5, 0.6) is 0 Å². The van der Waals surface area contributed by atoms with Gasteiger partial charge in [-0.25, -0.2) is 9.78 Å². The van der Waals surface area contributed by atoms with E-state index in [-0.39, 0.29) is 24.7 Å². The molecule has 1 aromatic heterocycles. The number of nitrogens with one attached hydrogen (secondary N) is 3. The highest BCUT2D eigenvalue weighted by atomic mass is 16.4. The molecule has 6 N–H and O–H groups in total. The number of aromatic amines is 1. The molecule has 11 nitrogen and oxygen atoms in total. The van der Waals surface area contributed by atoms with Crippen LogP contribution in [0.2, 0.25) is 0 Å². The minimum atomic E-state index is -1.19. The second kappa shape index (κ2) is 13.0. The molecule has 1 aliphatic rings. The Morgan fingerprint density at radius 2 is 1.86 bits per heavy atom. The predicted octanol–water partition coefficient (Wildman–Crippen LogP) is 0.614. The highest BCUT2D eigenvalue weighted by Gasteiger charge is 2.38. The van der Waals surface area contributed by atoms with Gasteiger partial charge in [0.25, 0.3) is 0 Å². The third-order valence-corrected chi connectivity index (χ3v) is 6.39. The summed E-state index contributed by atoms with van der Waals surface area (Å²) in [7, 11) is 0. The SMILES string of the molecule is CC(C)C[C@H](N)C(=O)N1CCC[C@H]1C(=O)N[C@@H](Cc1cnc[nH]1)C(=O)N[C@@H](Cc1ccccc1)C(=O)O. The fourth-order valence-electron chi connectivity index (χ4n) is 4.54. The van der Waals surface area contributed by atoms with Crippen LogP contribution in [-0.4, -0.2) is 74.4 Å². The van der Waals surface area contributed by atoms with Gasteiger partial charge in [-0.1, -0.05) is 44.2 Å². The van der Waals surface area contributed by atoms with Crippen LogP contribution in [0, 0.1) is 5.92 Å². The molecule has 0 saturated carbocycles. The molecule has 4 atom stereocenters. The molecular weight excluding hydrogens is 476 g/mol. The molecule has 2 heterocycles. The molecule has 0 spiro atoms. The molecule has 1 fully saturated rings. The summed E-state index contributed by atoms with van der Waals surface area (Å²) in [4.78, 5) is 59.7. The summed E-state index contributed by atoms with van der Waals surface area (Å²) in [5, 5.41) is 15.0. The zero-order valence-electron chi connectivity index (χ0n) is 21.2. The number of likely N-dealkylation sites (tertiary alicyclic amines) is 1. The lowest BCUT2D eigenvalue weighted by Crippen LogP contribution is -2.57. The lowest BCUT2D eigenvalue weighted by Gasteiger charge is -2.29. The van der Waals surface area contributed by atoms with Crippen molar-refractivity contribution in [1.82, 2.24) is 25.5 Å². The number of imidazole rings is 1. The monoisotopic (exact) mass is 512 g/mol. The van der Waals surface area contributed by atoms with Crippen LogP contribution < -0.4 is 16.4 Å². The molecule has 3 rings (SSSR count). The van der Waals surface area contributed by atoms with Crippen molar-refractivity contribution in [2.24, 2.45) is 11.7 Å². The van der Waals surface area contributed by atoms with Crippen LogP contribution in [0.25, 0.3) is 0 Å². The molecule has 11 heteroatoms. The van der Waals surface area contributed by atoms with Gasteiger partial charge in [-0.2, -0.15) is 0 Å². The lowest BCUT2D eigenvalue weighted by atomic mass is 10.0. The van der Waals surface area contributed by atoms with E-state index in [9.17, 15) is 24.3 Å². The molecule has 200 valence electrons. The molecule has 0 bridgehead atoms. The number of aliphatic carboxylic acids is 1. The maximum atomic E-state index is 13.3. The molecule has 1 saturated heterocycles. The van der Waals surface area contributed by atoms with Crippen LogP contribution in [0.4, 0.5) is 0 Å². The first kappa shape index (κ1) is 27.9. The summed E-state index contributed by atoms with van der Waals surface area (Å²) < 4.78 is 0. The van der Waals surface area contributed by atoms with Gasteiger partial charge >= 0.3 is 5.97 Å². The van der Waals surface area contributed by atoms with E-state index in [0.717, 1.165) is 5.56 Å². The second-order valence-corrected chi connectivity index (χ2v) is 9.86. The van der Waals surface area contributed by atoms with Crippen molar-refractivity contribution in [3.63, 3.8) is 0 Å². The number of aromatic nitrogens is 2. The first-order valence-electron chi connectivity index (χ1n) is 12.6. The molecule has 3 amide bonds. The lowest BCUT2D eigenvalue weighted by molar-refractivity contribution is -0.143. The van der Waals surface area contributed by atoms with E-state index in [4.69, 9.17) is 5.73 Å². The average molecular weight is 513 g/mol. The minimum absolute atomic E-state index is 0.0722. The molecular formula is C26H36N6O5. The summed E-state index contributed by atoms with van der Waals surface area (Å²) in [5.74, 6) is -2.35. The molecule has 0 unspecified atom stereocenters. The van der Waals surface area contributed by atoms with Gasteiger partial charge in [-0.05, 0) is 30.7 Å². The van der Waals surface area contributed by atoms with Crippen molar-refractivity contribution in [3.05, 3.63) is 54.1 Å². The Morgan fingerprint density at radius 1 is 1.14 bits per heavy atom. The van der Waals surface area contributed by atoms with Crippen LogP contribution >= 0.6 is 0 Å². The predicted molar refractivity (Wildman–Crippen MR) is 136 cm³/mol. The zero-order valence-corrected chi connectivity index (χ0v) is 21.2. The third kappa shape index (κ3) is 7.88. The van der Waals surface area contributed by atoms with Crippen molar-refractivity contribution in [3.8, 4) is 0 Å². The molecule has 2 aromatic rings. The molecule has 1 aromatic carbocycles. The quantitative estimate of drug-likeness (QED) is 0.277. The van der Waals surface area contributed by atoms with Gasteiger partial charge in [0.05, 0.1) is 12.4 Å². The van der Waals surface area contributed by atoms with Crippen LogP contribution in [0.15, 0.2) is 42.9 Å². The Balaban J connectivity index is 1.73. The fraction of sp³-hybridized carbons (Fsp3) is 0.500. The van der Waals surface area contributed by atoms with E-state index >= 15 is 0 Å². The van der Waals surface area contributed by atoms with Crippen molar-refractivity contribution >= 4 is 23.7 Å². The fourth-order valence-corrected chi connectivity index (χ4v) is 4.54. The van der Waals surface area contributed by atoms with E-state index in [1.807, 2.05) is 19.9 Å². The number of carbonyl (C=O) groups excluding carboxylic acids is 3. The third-order valence-electron chi connectivity index (χ3n) is 6.39. The van der Waals surface area contributed by atoms with E-state index in [1.165, 1.54) is 17.4 Å². The number of hydrogen-bond donors (Lipinski definition) is 5.